The Balaban J connectivity index is 1.71. The molecule has 6 nitrogen and oxygen atoms in total. The number of carbonyl (C=O) groups is 1. The number of aromatic nitrogens is 1. The first-order valence-corrected chi connectivity index (χ1v) is 10.8. The van der Waals surface area contributed by atoms with Crippen molar-refractivity contribution in [3.05, 3.63) is 75.1 Å². The van der Waals surface area contributed by atoms with Gasteiger partial charge in [0.2, 0.25) is 5.43 Å². The first-order chi connectivity index (χ1) is 15.4. The predicted molar refractivity (Wildman–Crippen MR) is 117 cm³/mol. The molecule has 2 heterocycles. The number of hydrogen-bond acceptors (Lipinski definition) is 4. The molecule has 0 spiro atoms. The van der Waals surface area contributed by atoms with Crippen molar-refractivity contribution in [3.8, 4) is 0 Å². The lowest BCUT2D eigenvalue weighted by atomic mass is 10.0. The Bertz CT molecular complexity index is 1300. The minimum Gasteiger partial charge on any atom is -0.477 e. The molecule has 0 bridgehead atoms. The lowest BCUT2D eigenvalue weighted by Crippen LogP contribution is -2.26. The van der Waals surface area contributed by atoms with Crippen LogP contribution >= 0.6 is 0 Å². The van der Waals surface area contributed by atoms with E-state index in [-0.39, 0.29) is 28.7 Å². The van der Waals surface area contributed by atoms with Crippen LogP contribution in [0.5, 0.6) is 0 Å². The first-order valence-electron chi connectivity index (χ1n) is 10.8. The van der Waals surface area contributed by atoms with Crippen LogP contribution in [0.3, 0.4) is 0 Å². The zero-order valence-corrected chi connectivity index (χ0v) is 17.4. The fourth-order valence-electron chi connectivity index (χ4n) is 4.80. The number of nitrogens with two attached hydrogens (primary N) is 1. The van der Waals surface area contributed by atoms with E-state index in [0.717, 1.165) is 42.9 Å². The fourth-order valence-corrected chi connectivity index (χ4v) is 4.80. The van der Waals surface area contributed by atoms with Crippen LogP contribution in [0.2, 0.25) is 0 Å². The van der Waals surface area contributed by atoms with Gasteiger partial charge in [-0.2, -0.15) is 0 Å². The van der Waals surface area contributed by atoms with Crippen molar-refractivity contribution < 1.29 is 18.7 Å². The highest BCUT2D eigenvalue weighted by atomic mass is 19.1. The molecule has 166 valence electrons. The van der Waals surface area contributed by atoms with Gasteiger partial charge in [0.05, 0.1) is 16.9 Å². The van der Waals surface area contributed by atoms with Crippen LogP contribution in [0.4, 0.5) is 14.5 Å². The maximum absolute atomic E-state index is 16.0. The second-order valence-corrected chi connectivity index (χ2v) is 8.53. The molecule has 1 atom stereocenters. The molecular weight excluding hydrogens is 416 g/mol. The number of carboxylic acids is 1. The number of hydrogen-bond donors (Lipinski definition) is 2. The van der Waals surface area contributed by atoms with Gasteiger partial charge in [-0.15, -0.1) is 0 Å². The minimum atomic E-state index is -1.41. The molecule has 0 amide bonds. The van der Waals surface area contributed by atoms with Gasteiger partial charge in [0, 0.05) is 25.3 Å². The quantitative estimate of drug-likeness (QED) is 0.625. The van der Waals surface area contributed by atoms with Crippen molar-refractivity contribution in [2.75, 3.05) is 11.4 Å². The molecule has 8 heteroatoms. The Kier molecular flexibility index (Phi) is 4.97. The van der Waals surface area contributed by atoms with Crippen molar-refractivity contribution in [1.82, 2.24) is 4.57 Å². The van der Waals surface area contributed by atoms with Gasteiger partial charge in [0.15, 0.2) is 5.82 Å². The Morgan fingerprint density at radius 2 is 1.97 bits per heavy atom. The summed E-state index contributed by atoms with van der Waals surface area (Å²) >= 11 is 0. The molecular formula is C24H23F2N3O3. The normalized spacial score (nSPS) is 18.5. The second-order valence-electron chi connectivity index (χ2n) is 8.53. The highest BCUT2D eigenvalue weighted by Gasteiger charge is 2.34. The number of pyridine rings is 1. The highest BCUT2D eigenvalue weighted by Crippen LogP contribution is 2.43. The summed E-state index contributed by atoms with van der Waals surface area (Å²) in [6.07, 6.45) is 4.20. The third-order valence-corrected chi connectivity index (χ3v) is 6.47. The van der Waals surface area contributed by atoms with Gasteiger partial charge in [-0.25, -0.2) is 13.6 Å². The fraction of sp³-hybridized carbons (Fsp3) is 0.333. The Morgan fingerprint density at radius 1 is 1.19 bits per heavy atom. The molecule has 0 radical (unpaired) electrons. The Labute approximate surface area is 182 Å². The van der Waals surface area contributed by atoms with Crippen molar-refractivity contribution in [2.24, 2.45) is 5.73 Å². The van der Waals surface area contributed by atoms with E-state index in [4.69, 9.17) is 5.73 Å². The zero-order chi connectivity index (χ0) is 22.6. The summed E-state index contributed by atoms with van der Waals surface area (Å²) in [4.78, 5) is 26.0. The molecule has 32 heavy (non-hydrogen) atoms. The third kappa shape index (κ3) is 3.26. The molecule has 1 saturated carbocycles. The summed E-state index contributed by atoms with van der Waals surface area (Å²) in [5.41, 5.74) is 6.09. The van der Waals surface area contributed by atoms with E-state index in [9.17, 15) is 14.7 Å². The standard InChI is InChI=1S/C24H23F2N3O3/c25-18-10-16-21(29(15-6-7-15)12-17(23(16)30)24(31)32)20(26)22(18)28-8-2-5-19(28)14-4-1-3-13(9-14)11-27/h1,3-4,9-10,12,15,19H,2,5-8,11,27H2,(H,31,32). The molecule has 5 rings (SSSR count). The number of benzene rings is 2. The molecule has 1 aromatic heterocycles. The van der Waals surface area contributed by atoms with Crippen LogP contribution in [0.1, 0.15) is 59.3 Å². The average molecular weight is 439 g/mol. The third-order valence-electron chi connectivity index (χ3n) is 6.47. The van der Waals surface area contributed by atoms with Gasteiger partial charge in [0.25, 0.3) is 0 Å². The van der Waals surface area contributed by atoms with Gasteiger partial charge < -0.3 is 20.3 Å². The Hall–Kier alpha value is -3.26. The van der Waals surface area contributed by atoms with Crippen molar-refractivity contribution in [1.29, 1.82) is 0 Å². The predicted octanol–water partition coefficient (Wildman–Crippen LogP) is 4.11. The van der Waals surface area contributed by atoms with Gasteiger partial charge in [0.1, 0.15) is 17.1 Å². The molecule has 1 saturated heterocycles. The average Bonchev–Trinajstić information content (AvgIpc) is 3.51. The van der Waals surface area contributed by atoms with Gasteiger partial charge in [-0.1, -0.05) is 24.3 Å². The Morgan fingerprint density at radius 3 is 2.66 bits per heavy atom. The molecule has 1 unspecified atom stereocenters. The summed E-state index contributed by atoms with van der Waals surface area (Å²) in [5, 5.41) is 9.16. The molecule has 2 aromatic carbocycles. The van der Waals surface area contributed by atoms with Crippen molar-refractivity contribution >= 4 is 22.6 Å². The van der Waals surface area contributed by atoms with Gasteiger partial charge in [-0.05, 0) is 42.9 Å². The molecule has 3 N–H and O–H groups in total. The minimum absolute atomic E-state index is 0.0275. The van der Waals surface area contributed by atoms with Crippen LogP contribution in [0, 0.1) is 11.6 Å². The van der Waals surface area contributed by atoms with E-state index >= 15 is 8.78 Å². The summed E-state index contributed by atoms with van der Waals surface area (Å²) in [6, 6.07) is 8.36. The highest BCUT2D eigenvalue weighted by molar-refractivity contribution is 5.94. The molecule has 1 aliphatic heterocycles. The lowest BCUT2D eigenvalue weighted by Gasteiger charge is -2.29. The van der Waals surface area contributed by atoms with E-state index in [1.165, 1.54) is 10.8 Å². The number of fused-ring (bicyclic) bond motifs is 1. The maximum Gasteiger partial charge on any atom is 0.341 e. The molecule has 2 aliphatic rings. The monoisotopic (exact) mass is 439 g/mol. The number of anilines is 1. The van der Waals surface area contributed by atoms with Crippen molar-refractivity contribution in [2.45, 2.75) is 44.3 Å². The van der Waals surface area contributed by atoms with E-state index in [1.807, 2.05) is 24.3 Å². The topological polar surface area (TPSA) is 88.6 Å². The summed E-state index contributed by atoms with van der Waals surface area (Å²) < 4.78 is 32.8. The van der Waals surface area contributed by atoms with E-state index in [2.05, 4.69) is 0 Å². The van der Waals surface area contributed by atoms with Crippen LogP contribution in [0.15, 0.2) is 41.3 Å². The number of aromatic carboxylic acids is 1. The number of carboxylic acid groups (broad SMARTS) is 1. The van der Waals surface area contributed by atoms with Crippen LogP contribution in [0.25, 0.3) is 10.9 Å². The second kappa shape index (κ2) is 7.70. The first kappa shape index (κ1) is 20.6. The number of nitrogens with zero attached hydrogens (tertiary/aromatic N) is 2. The van der Waals surface area contributed by atoms with E-state index in [1.54, 1.807) is 4.90 Å². The van der Waals surface area contributed by atoms with Crippen LogP contribution < -0.4 is 16.1 Å². The van der Waals surface area contributed by atoms with Crippen LogP contribution in [-0.4, -0.2) is 22.2 Å². The van der Waals surface area contributed by atoms with Gasteiger partial charge >= 0.3 is 5.97 Å². The van der Waals surface area contributed by atoms with Gasteiger partial charge in [-0.3, -0.25) is 4.79 Å². The van der Waals surface area contributed by atoms with Crippen LogP contribution in [-0.2, 0) is 6.54 Å². The summed E-state index contributed by atoms with van der Waals surface area (Å²) in [7, 11) is 0. The largest absolute Gasteiger partial charge is 0.477 e. The number of halogens is 2. The molecule has 2 fully saturated rings. The number of rotatable bonds is 5. The maximum atomic E-state index is 16.0. The smallest absolute Gasteiger partial charge is 0.341 e. The summed E-state index contributed by atoms with van der Waals surface area (Å²) in [6.45, 7) is 0.844. The summed E-state index contributed by atoms with van der Waals surface area (Å²) in [5.74, 6) is -3.09. The van der Waals surface area contributed by atoms with Crippen molar-refractivity contribution in [3.63, 3.8) is 0 Å². The van der Waals surface area contributed by atoms with E-state index < -0.39 is 28.6 Å². The SMILES string of the molecule is NCc1cccc(C2CCCN2c2c(F)cc3c(=O)c(C(=O)O)cn(C4CC4)c3c2F)c1. The molecule has 1 aliphatic carbocycles. The molecule has 3 aromatic rings. The lowest BCUT2D eigenvalue weighted by molar-refractivity contribution is 0.0694. The zero-order valence-electron chi connectivity index (χ0n) is 17.4. The van der Waals surface area contributed by atoms with E-state index in [0.29, 0.717) is 13.1 Å².